The Bertz CT molecular complexity index is 708. The van der Waals surface area contributed by atoms with E-state index in [4.69, 9.17) is 15.2 Å². The van der Waals surface area contributed by atoms with Gasteiger partial charge in [-0.3, -0.25) is 9.59 Å². The van der Waals surface area contributed by atoms with Gasteiger partial charge in [0.25, 0.3) is 5.91 Å². The van der Waals surface area contributed by atoms with E-state index in [0.717, 1.165) is 37.2 Å². The average molecular weight is 420 g/mol. The lowest BCUT2D eigenvalue weighted by atomic mass is 9.91. The van der Waals surface area contributed by atoms with Crippen LogP contribution in [-0.4, -0.2) is 62.7 Å². The molecule has 0 saturated carbocycles. The number of nitrogens with two attached hydrogens (primary N) is 1. The van der Waals surface area contributed by atoms with Crippen molar-refractivity contribution in [3.8, 4) is 5.75 Å². The molecular weight excluding hydrogens is 382 g/mol. The molecule has 0 bridgehead atoms. The van der Waals surface area contributed by atoms with E-state index in [2.05, 4.69) is 12.2 Å². The molecule has 1 saturated heterocycles. The van der Waals surface area contributed by atoms with Crippen LogP contribution in [0.3, 0.4) is 0 Å². The highest BCUT2D eigenvalue weighted by molar-refractivity contribution is 5.95. The lowest BCUT2D eigenvalue weighted by molar-refractivity contribution is -0.119. The van der Waals surface area contributed by atoms with Crippen LogP contribution in [0, 0.1) is 11.8 Å². The van der Waals surface area contributed by atoms with Gasteiger partial charge in [-0.1, -0.05) is 13.0 Å². The molecule has 1 aliphatic heterocycles. The van der Waals surface area contributed by atoms with Crippen molar-refractivity contribution in [2.45, 2.75) is 46.1 Å². The van der Waals surface area contributed by atoms with E-state index in [0.29, 0.717) is 31.7 Å². The second kappa shape index (κ2) is 11.9. The Kier molecular flexibility index (Phi) is 9.59. The Hall–Kier alpha value is -2.12. The van der Waals surface area contributed by atoms with Gasteiger partial charge < -0.3 is 25.4 Å². The molecule has 0 aliphatic carbocycles. The van der Waals surface area contributed by atoms with E-state index in [1.807, 2.05) is 36.9 Å². The predicted octanol–water partition coefficient (Wildman–Crippen LogP) is 2.23. The van der Waals surface area contributed by atoms with Gasteiger partial charge in [0.05, 0.1) is 6.61 Å². The molecule has 168 valence electrons. The Morgan fingerprint density at radius 3 is 2.60 bits per heavy atom. The van der Waals surface area contributed by atoms with E-state index in [1.165, 1.54) is 0 Å². The molecule has 2 atom stereocenters. The van der Waals surface area contributed by atoms with E-state index in [1.54, 1.807) is 7.11 Å². The van der Waals surface area contributed by atoms with Gasteiger partial charge in [-0.25, -0.2) is 0 Å². The molecule has 0 radical (unpaired) electrons. The first-order chi connectivity index (χ1) is 14.4. The van der Waals surface area contributed by atoms with Crippen molar-refractivity contribution in [1.82, 2.24) is 10.2 Å². The number of carbonyl (C=O) groups excluding carboxylic acids is 2. The molecule has 1 heterocycles. The van der Waals surface area contributed by atoms with Crippen LogP contribution in [0.5, 0.6) is 5.75 Å². The number of rotatable bonds is 12. The molecule has 7 heteroatoms. The fourth-order valence-electron chi connectivity index (χ4n) is 3.94. The number of hydrogen-bond acceptors (Lipinski definition) is 5. The molecule has 2 amide bonds. The number of nitrogens with zero attached hydrogens (tertiary/aromatic N) is 1. The van der Waals surface area contributed by atoms with E-state index >= 15 is 0 Å². The lowest BCUT2D eigenvalue weighted by Crippen LogP contribution is -2.42. The number of carbonyl (C=O) groups is 2. The number of aryl methyl sites for hydroxylation is 1. The van der Waals surface area contributed by atoms with Crippen molar-refractivity contribution in [3.63, 3.8) is 0 Å². The third-order valence-electron chi connectivity index (χ3n) is 5.70. The first-order valence-electron chi connectivity index (χ1n) is 10.9. The third kappa shape index (κ3) is 6.71. The summed E-state index contributed by atoms with van der Waals surface area (Å²) in [4.78, 5) is 26.7. The molecule has 1 aromatic rings. The summed E-state index contributed by atoms with van der Waals surface area (Å²) >= 11 is 0. The van der Waals surface area contributed by atoms with Crippen LogP contribution in [0.15, 0.2) is 18.2 Å². The van der Waals surface area contributed by atoms with Gasteiger partial charge in [0, 0.05) is 44.7 Å². The third-order valence-corrected chi connectivity index (χ3v) is 5.70. The molecule has 30 heavy (non-hydrogen) atoms. The van der Waals surface area contributed by atoms with Crippen molar-refractivity contribution in [1.29, 1.82) is 0 Å². The predicted molar refractivity (Wildman–Crippen MR) is 118 cm³/mol. The topological polar surface area (TPSA) is 93.9 Å². The Morgan fingerprint density at radius 2 is 1.97 bits per heavy atom. The number of hydrogen-bond donors (Lipinski definition) is 2. The summed E-state index contributed by atoms with van der Waals surface area (Å²) in [5.74, 6) is 0.834. The molecule has 1 fully saturated rings. The zero-order valence-corrected chi connectivity index (χ0v) is 18.8. The quantitative estimate of drug-likeness (QED) is 0.507. The summed E-state index contributed by atoms with van der Waals surface area (Å²) in [6.45, 7) is 9.46. The van der Waals surface area contributed by atoms with Crippen LogP contribution in [-0.2, 0) is 16.0 Å². The van der Waals surface area contributed by atoms with Crippen molar-refractivity contribution in [2.75, 3.05) is 40.0 Å². The molecule has 3 N–H and O–H groups in total. The first kappa shape index (κ1) is 24.2. The summed E-state index contributed by atoms with van der Waals surface area (Å²) < 4.78 is 11.0. The van der Waals surface area contributed by atoms with Crippen LogP contribution < -0.4 is 15.8 Å². The second-order valence-corrected chi connectivity index (χ2v) is 8.27. The van der Waals surface area contributed by atoms with E-state index < -0.39 is 0 Å². The van der Waals surface area contributed by atoms with Crippen LogP contribution in [0.2, 0.25) is 0 Å². The highest BCUT2D eigenvalue weighted by Crippen LogP contribution is 2.26. The SMILES string of the molecule is CCc1ccc(C(=O)N(C[C@@H]2CNC[C@H]2CC(N)=O)C(C)C)cc1OCCCOC. The number of benzene rings is 1. The maximum atomic E-state index is 13.4. The minimum atomic E-state index is -0.290. The number of methoxy groups -OCH3 is 1. The van der Waals surface area contributed by atoms with Crippen molar-refractivity contribution >= 4 is 11.8 Å². The highest BCUT2D eigenvalue weighted by Gasteiger charge is 2.32. The number of primary amides is 1. The minimum Gasteiger partial charge on any atom is -0.493 e. The molecule has 7 nitrogen and oxygen atoms in total. The van der Waals surface area contributed by atoms with Gasteiger partial charge in [-0.15, -0.1) is 0 Å². The molecule has 0 aromatic heterocycles. The maximum absolute atomic E-state index is 13.4. The zero-order chi connectivity index (χ0) is 22.1. The Morgan fingerprint density at radius 1 is 1.23 bits per heavy atom. The summed E-state index contributed by atoms with van der Waals surface area (Å²) in [7, 11) is 1.67. The van der Waals surface area contributed by atoms with Crippen LogP contribution in [0.1, 0.15) is 49.5 Å². The van der Waals surface area contributed by atoms with Crippen molar-refractivity contribution in [3.05, 3.63) is 29.3 Å². The van der Waals surface area contributed by atoms with Gasteiger partial charge in [0.15, 0.2) is 0 Å². The number of amides is 2. The summed E-state index contributed by atoms with van der Waals surface area (Å²) in [5, 5.41) is 3.33. The second-order valence-electron chi connectivity index (χ2n) is 8.27. The Balaban J connectivity index is 2.15. The molecule has 2 rings (SSSR count). The standard InChI is InChI=1S/C23H37N3O4/c1-5-17-7-8-18(11-21(17)30-10-6-9-29-4)23(28)26(16(2)3)15-20-14-25-13-19(20)12-22(24)27/h7-8,11,16,19-20,25H,5-6,9-10,12-15H2,1-4H3,(H2,24,27)/t19-,20+/m1/s1. The fraction of sp³-hybridized carbons (Fsp3) is 0.652. The normalized spacial score (nSPS) is 18.6. The van der Waals surface area contributed by atoms with Gasteiger partial charge >= 0.3 is 0 Å². The number of ether oxygens (including phenoxy) is 2. The minimum absolute atomic E-state index is 0.0147. The molecule has 1 aliphatic rings. The van der Waals surface area contributed by atoms with Gasteiger partial charge in [-0.2, -0.15) is 0 Å². The number of nitrogens with one attached hydrogen (secondary N) is 1. The van der Waals surface area contributed by atoms with E-state index in [9.17, 15) is 9.59 Å². The Labute approximate surface area is 180 Å². The first-order valence-corrected chi connectivity index (χ1v) is 10.9. The fourth-order valence-corrected chi connectivity index (χ4v) is 3.94. The van der Waals surface area contributed by atoms with Crippen molar-refractivity contribution < 1.29 is 19.1 Å². The average Bonchev–Trinajstić information content (AvgIpc) is 3.14. The van der Waals surface area contributed by atoms with E-state index in [-0.39, 0.29) is 29.7 Å². The van der Waals surface area contributed by atoms with Gasteiger partial charge in [0.1, 0.15) is 5.75 Å². The molecule has 0 spiro atoms. The van der Waals surface area contributed by atoms with Crippen LogP contribution in [0.4, 0.5) is 0 Å². The summed E-state index contributed by atoms with van der Waals surface area (Å²) in [5.41, 5.74) is 7.12. The summed E-state index contributed by atoms with van der Waals surface area (Å²) in [6, 6.07) is 5.76. The smallest absolute Gasteiger partial charge is 0.254 e. The van der Waals surface area contributed by atoms with Gasteiger partial charge in [0.2, 0.25) is 5.91 Å². The lowest BCUT2D eigenvalue weighted by Gasteiger charge is -2.31. The zero-order valence-electron chi connectivity index (χ0n) is 18.8. The monoisotopic (exact) mass is 419 g/mol. The van der Waals surface area contributed by atoms with Crippen LogP contribution >= 0.6 is 0 Å². The van der Waals surface area contributed by atoms with Gasteiger partial charge in [-0.05, 0) is 62.9 Å². The molecule has 0 unspecified atom stereocenters. The summed E-state index contributed by atoms with van der Waals surface area (Å²) in [6.07, 6.45) is 1.98. The maximum Gasteiger partial charge on any atom is 0.254 e. The van der Waals surface area contributed by atoms with Crippen molar-refractivity contribution in [2.24, 2.45) is 17.6 Å². The molecular formula is C23H37N3O4. The highest BCUT2D eigenvalue weighted by atomic mass is 16.5. The largest absolute Gasteiger partial charge is 0.493 e. The molecule has 1 aromatic carbocycles. The van der Waals surface area contributed by atoms with Crippen LogP contribution in [0.25, 0.3) is 0 Å².